The van der Waals surface area contributed by atoms with Crippen LogP contribution in [0.25, 0.3) is 22.4 Å². The molecule has 10 heteroatoms. The van der Waals surface area contributed by atoms with Crippen molar-refractivity contribution in [1.29, 1.82) is 0 Å². The minimum absolute atomic E-state index is 0.114. The Hall–Kier alpha value is -3.76. The fourth-order valence-corrected chi connectivity index (χ4v) is 5.14. The molecule has 0 saturated heterocycles. The van der Waals surface area contributed by atoms with Crippen molar-refractivity contribution in [2.45, 2.75) is 13.3 Å². The number of thiophene rings is 1. The number of anilines is 1. The topological polar surface area (TPSA) is 93.3 Å². The van der Waals surface area contributed by atoms with E-state index in [1.54, 1.807) is 28.8 Å². The third kappa shape index (κ3) is 4.89. The minimum Gasteiger partial charge on any atom is -0.454 e. The molecule has 2 amide bonds. The van der Waals surface area contributed by atoms with E-state index in [0.29, 0.717) is 46.7 Å². The number of nitrogens with zero attached hydrogens (tertiary/aromatic N) is 4. The number of rotatable bonds is 8. The van der Waals surface area contributed by atoms with Gasteiger partial charge in [0.25, 0.3) is 11.8 Å². The Morgan fingerprint density at radius 1 is 1.14 bits per heavy atom. The Labute approximate surface area is 209 Å². The fraction of sp³-hybridized carbons (Fsp3) is 0.200. The number of hydrogen-bond acceptors (Lipinski definition) is 7. The van der Waals surface area contributed by atoms with Crippen molar-refractivity contribution in [2.75, 3.05) is 18.0 Å². The van der Waals surface area contributed by atoms with Gasteiger partial charge in [0.05, 0.1) is 4.88 Å². The predicted octanol–water partition coefficient (Wildman–Crippen LogP) is 5.13. The molecule has 4 heterocycles. The molecular weight excluding hydrogens is 482 g/mol. The number of hydrogen-bond donors (Lipinski definition) is 1. The lowest BCUT2D eigenvalue weighted by Gasteiger charge is -2.19. The van der Waals surface area contributed by atoms with E-state index in [2.05, 4.69) is 10.4 Å². The van der Waals surface area contributed by atoms with Crippen LogP contribution >= 0.6 is 22.7 Å². The number of carbonyl (C=O) groups is 2. The number of furan rings is 1. The summed E-state index contributed by atoms with van der Waals surface area (Å²) < 4.78 is 7.61. The summed E-state index contributed by atoms with van der Waals surface area (Å²) >= 11 is 2.78. The molecule has 0 bridgehead atoms. The number of thiazole rings is 1. The van der Waals surface area contributed by atoms with Crippen LogP contribution < -0.4 is 10.2 Å². The van der Waals surface area contributed by atoms with Crippen LogP contribution in [0.2, 0.25) is 0 Å². The Morgan fingerprint density at radius 2 is 2.00 bits per heavy atom. The van der Waals surface area contributed by atoms with Crippen LogP contribution in [0, 0.1) is 6.92 Å². The van der Waals surface area contributed by atoms with E-state index in [9.17, 15) is 9.59 Å². The molecule has 0 atom stereocenters. The standard InChI is InChI=1S/C25H23N5O3S2/c1-16-13-18(28-29(16)2)23(31)26-10-6-11-30(24(32)22-9-5-12-34-22)25-27-19(15-35-25)21-14-17-7-3-4-8-20(17)33-21/h3-5,7-9,12-15H,6,10-11H2,1-2H3,(H,26,31). The highest BCUT2D eigenvalue weighted by molar-refractivity contribution is 7.14. The lowest BCUT2D eigenvalue weighted by Crippen LogP contribution is -2.34. The van der Waals surface area contributed by atoms with Crippen molar-refractivity contribution in [1.82, 2.24) is 20.1 Å². The van der Waals surface area contributed by atoms with Crippen LogP contribution in [0.5, 0.6) is 0 Å². The maximum atomic E-state index is 13.3. The Balaban J connectivity index is 1.30. The van der Waals surface area contributed by atoms with E-state index in [1.807, 2.05) is 54.1 Å². The van der Waals surface area contributed by atoms with Gasteiger partial charge < -0.3 is 9.73 Å². The molecule has 1 aromatic carbocycles. The fourth-order valence-electron chi connectivity index (χ4n) is 3.63. The molecule has 0 unspecified atom stereocenters. The third-order valence-electron chi connectivity index (χ3n) is 5.57. The van der Waals surface area contributed by atoms with E-state index < -0.39 is 0 Å². The molecule has 0 aliphatic carbocycles. The highest BCUT2D eigenvalue weighted by Crippen LogP contribution is 2.32. The number of nitrogens with one attached hydrogen (secondary N) is 1. The third-order valence-corrected chi connectivity index (χ3v) is 7.29. The Bertz CT molecular complexity index is 1430. The summed E-state index contributed by atoms with van der Waals surface area (Å²) in [6, 6.07) is 15.2. The maximum Gasteiger partial charge on any atom is 0.271 e. The van der Waals surface area contributed by atoms with Crippen LogP contribution in [-0.2, 0) is 7.05 Å². The van der Waals surface area contributed by atoms with E-state index in [1.165, 1.54) is 22.7 Å². The second-order valence-electron chi connectivity index (χ2n) is 8.00. The zero-order valence-electron chi connectivity index (χ0n) is 19.2. The first-order valence-electron chi connectivity index (χ1n) is 11.1. The first-order chi connectivity index (χ1) is 17.0. The van der Waals surface area contributed by atoms with Gasteiger partial charge in [0.2, 0.25) is 0 Å². The first-order valence-corrected chi connectivity index (χ1v) is 12.8. The molecule has 0 spiro atoms. The predicted molar refractivity (Wildman–Crippen MR) is 138 cm³/mol. The SMILES string of the molecule is Cc1cc(C(=O)NCCCN(C(=O)c2cccs2)c2nc(-c3cc4ccccc4o3)cs2)nn1C. The minimum atomic E-state index is -0.230. The molecule has 0 saturated carbocycles. The van der Waals surface area contributed by atoms with Crippen LogP contribution in [0.3, 0.4) is 0 Å². The van der Waals surface area contributed by atoms with Crippen molar-refractivity contribution >= 4 is 50.6 Å². The molecule has 1 N–H and O–H groups in total. The summed E-state index contributed by atoms with van der Waals surface area (Å²) in [5.41, 5.74) is 2.77. The summed E-state index contributed by atoms with van der Waals surface area (Å²) in [5, 5.41) is 12.5. The average Bonchev–Trinajstić information content (AvgIpc) is 3.65. The number of aryl methyl sites for hydroxylation is 2. The van der Waals surface area contributed by atoms with Crippen molar-refractivity contribution in [3.63, 3.8) is 0 Å². The smallest absolute Gasteiger partial charge is 0.271 e. The Kier molecular flexibility index (Phi) is 6.47. The summed E-state index contributed by atoms with van der Waals surface area (Å²) in [7, 11) is 1.80. The van der Waals surface area contributed by atoms with Crippen molar-refractivity contribution < 1.29 is 14.0 Å². The molecular formula is C25H23N5O3S2. The van der Waals surface area contributed by atoms with Crippen LogP contribution in [0.15, 0.2) is 63.7 Å². The number of para-hydroxylation sites is 1. The number of aromatic nitrogens is 3. The molecule has 8 nitrogen and oxygen atoms in total. The molecule has 35 heavy (non-hydrogen) atoms. The van der Waals surface area contributed by atoms with Gasteiger partial charge in [0.1, 0.15) is 17.0 Å². The van der Waals surface area contributed by atoms with E-state index >= 15 is 0 Å². The molecule has 0 fully saturated rings. The van der Waals surface area contributed by atoms with Crippen LogP contribution in [0.1, 0.15) is 32.3 Å². The molecule has 178 valence electrons. The van der Waals surface area contributed by atoms with Gasteiger partial charge in [-0.1, -0.05) is 24.3 Å². The van der Waals surface area contributed by atoms with Crippen LogP contribution in [-0.4, -0.2) is 39.7 Å². The monoisotopic (exact) mass is 505 g/mol. The second-order valence-corrected chi connectivity index (χ2v) is 9.79. The molecule has 4 aromatic heterocycles. The quantitative estimate of drug-likeness (QED) is 0.295. The Morgan fingerprint density at radius 3 is 2.74 bits per heavy atom. The van der Waals surface area contributed by atoms with Crippen molar-refractivity contribution in [3.8, 4) is 11.5 Å². The lowest BCUT2D eigenvalue weighted by atomic mass is 10.2. The summed E-state index contributed by atoms with van der Waals surface area (Å²) in [6.07, 6.45) is 0.564. The second kappa shape index (κ2) is 9.85. The van der Waals surface area contributed by atoms with Gasteiger partial charge in [0.15, 0.2) is 10.9 Å². The number of amides is 2. The summed E-state index contributed by atoms with van der Waals surface area (Å²) in [5.74, 6) is 0.318. The molecule has 5 aromatic rings. The first kappa shape index (κ1) is 23.0. The van der Waals surface area contributed by atoms with Gasteiger partial charge in [-0.25, -0.2) is 4.98 Å². The normalized spacial score (nSPS) is 11.1. The van der Waals surface area contributed by atoms with E-state index in [-0.39, 0.29) is 11.8 Å². The van der Waals surface area contributed by atoms with Gasteiger partial charge in [-0.05, 0) is 43.0 Å². The van der Waals surface area contributed by atoms with Crippen molar-refractivity contribution in [3.05, 3.63) is 75.6 Å². The zero-order chi connectivity index (χ0) is 24.4. The highest BCUT2D eigenvalue weighted by atomic mass is 32.1. The summed E-state index contributed by atoms with van der Waals surface area (Å²) in [4.78, 5) is 32.7. The largest absolute Gasteiger partial charge is 0.454 e. The lowest BCUT2D eigenvalue weighted by molar-refractivity contribution is 0.0947. The average molecular weight is 506 g/mol. The highest BCUT2D eigenvalue weighted by Gasteiger charge is 2.22. The van der Waals surface area contributed by atoms with Crippen LogP contribution in [0.4, 0.5) is 5.13 Å². The van der Waals surface area contributed by atoms with E-state index in [4.69, 9.17) is 9.40 Å². The number of carbonyl (C=O) groups excluding carboxylic acids is 2. The zero-order valence-corrected chi connectivity index (χ0v) is 20.9. The van der Waals surface area contributed by atoms with Gasteiger partial charge >= 0.3 is 0 Å². The molecule has 5 rings (SSSR count). The number of fused-ring (bicyclic) bond motifs is 1. The van der Waals surface area contributed by atoms with Gasteiger partial charge in [0, 0.05) is 36.6 Å². The van der Waals surface area contributed by atoms with Gasteiger partial charge in [-0.2, -0.15) is 5.10 Å². The van der Waals surface area contributed by atoms with E-state index in [0.717, 1.165) is 16.7 Å². The molecule has 0 radical (unpaired) electrons. The van der Waals surface area contributed by atoms with Gasteiger partial charge in [-0.3, -0.25) is 19.2 Å². The summed E-state index contributed by atoms with van der Waals surface area (Å²) in [6.45, 7) is 2.71. The number of benzene rings is 1. The maximum absolute atomic E-state index is 13.3. The molecule has 0 aliphatic rings. The molecule has 0 aliphatic heterocycles. The van der Waals surface area contributed by atoms with Crippen molar-refractivity contribution in [2.24, 2.45) is 7.05 Å². The van der Waals surface area contributed by atoms with Gasteiger partial charge in [-0.15, -0.1) is 22.7 Å².